The number of piperazine rings is 1. The second-order valence-electron chi connectivity index (χ2n) is 8.24. The lowest BCUT2D eigenvalue weighted by molar-refractivity contribution is 0.118. The van der Waals surface area contributed by atoms with E-state index in [1.165, 1.54) is 39.1 Å². The molecule has 3 heteroatoms. The molecule has 114 valence electrons. The summed E-state index contributed by atoms with van der Waals surface area (Å²) in [6.45, 7) is 20.1. The van der Waals surface area contributed by atoms with Gasteiger partial charge in [0.25, 0.3) is 0 Å². The fraction of sp³-hybridized carbons (Fsp3) is 1.00. The van der Waals surface area contributed by atoms with Crippen LogP contribution in [0.3, 0.4) is 0 Å². The number of hydrogen-bond acceptors (Lipinski definition) is 3. The predicted octanol–water partition coefficient (Wildman–Crippen LogP) is 2.29. The van der Waals surface area contributed by atoms with Crippen LogP contribution in [-0.2, 0) is 0 Å². The van der Waals surface area contributed by atoms with Gasteiger partial charge in [-0.3, -0.25) is 0 Å². The topological polar surface area (TPSA) is 18.5 Å². The van der Waals surface area contributed by atoms with E-state index < -0.39 is 0 Å². The van der Waals surface area contributed by atoms with E-state index in [0.29, 0.717) is 10.8 Å². The van der Waals surface area contributed by atoms with Gasteiger partial charge in [-0.15, -0.1) is 0 Å². The molecule has 0 bridgehead atoms. The first kappa shape index (κ1) is 16.9. The molecule has 0 aliphatic carbocycles. The first-order valence-electron chi connectivity index (χ1n) is 7.80. The number of rotatable bonds is 6. The molecule has 1 aliphatic rings. The lowest BCUT2D eigenvalue weighted by Gasteiger charge is -2.37. The summed E-state index contributed by atoms with van der Waals surface area (Å²) in [5.74, 6) is 0. The van der Waals surface area contributed by atoms with Crippen molar-refractivity contribution in [3.8, 4) is 0 Å². The van der Waals surface area contributed by atoms with Gasteiger partial charge in [0.1, 0.15) is 0 Å². The summed E-state index contributed by atoms with van der Waals surface area (Å²) >= 11 is 0. The largest absolute Gasteiger partial charge is 0.314 e. The van der Waals surface area contributed by atoms with Gasteiger partial charge in [-0.2, -0.15) is 0 Å². The standard InChI is InChI=1S/C16H35N3/c1-15(2,3)7-10-18(6)13-16(4,5)14-19-11-8-17-9-12-19/h17H,7-14H2,1-6H3. The Bertz CT molecular complexity index is 249. The summed E-state index contributed by atoms with van der Waals surface area (Å²) < 4.78 is 0. The summed E-state index contributed by atoms with van der Waals surface area (Å²) in [6, 6.07) is 0. The summed E-state index contributed by atoms with van der Waals surface area (Å²) in [5, 5.41) is 3.43. The minimum Gasteiger partial charge on any atom is -0.314 e. The zero-order valence-electron chi connectivity index (χ0n) is 14.1. The van der Waals surface area contributed by atoms with Gasteiger partial charge < -0.3 is 15.1 Å². The highest BCUT2D eigenvalue weighted by Crippen LogP contribution is 2.22. The van der Waals surface area contributed by atoms with Crippen molar-refractivity contribution in [2.45, 2.75) is 41.0 Å². The molecule has 0 aromatic carbocycles. The van der Waals surface area contributed by atoms with Crippen molar-refractivity contribution in [3.63, 3.8) is 0 Å². The minimum atomic E-state index is 0.379. The molecule has 1 fully saturated rings. The van der Waals surface area contributed by atoms with Gasteiger partial charge in [0, 0.05) is 39.3 Å². The molecular formula is C16H35N3. The van der Waals surface area contributed by atoms with Gasteiger partial charge in [-0.05, 0) is 30.8 Å². The molecule has 1 saturated heterocycles. The number of nitrogens with one attached hydrogen (secondary N) is 1. The van der Waals surface area contributed by atoms with E-state index in [1.54, 1.807) is 0 Å². The normalized spacial score (nSPS) is 19.1. The van der Waals surface area contributed by atoms with Gasteiger partial charge in [-0.1, -0.05) is 34.6 Å². The van der Waals surface area contributed by atoms with E-state index >= 15 is 0 Å². The zero-order chi connectivity index (χ0) is 14.5. The van der Waals surface area contributed by atoms with Crippen LogP contribution >= 0.6 is 0 Å². The molecule has 3 nitrogen and oxygen atoms in total. The van der Waals surface area contributed by atoms with Gasteiger partial charge in [0.05, 0.1) is 0 Å². The molecule has 1 N–H and O–H groups in total. The highest BCUT2D eigenvalue weighted by atomic mass is 15.2. The average molecular weight is 269 g/mol. The van der Waals surface area contributed by atoms with E-state index in [4.69, 9.17) is 0 Å². The van der Waals surface area contributed by atoms with E-state index in [1.807, 2.05) is 0 Å². The molecule has 0 atom stereocenters. The summed E-state index contributed by atoms with van der Waals surface area (Å²) in [7, 11) is 2.27. The van der Waals surface area contributed by atoms with Crippen molar-refractivity contribution in [1.29, 1.82) is 0 Å². The van der Waals surface area contributed by atoms with Crippen molar-refractivity contribution in [2.24, 2.45) is 10.8 Å². The van der Waals surface area contributed by atoms with Crippen LogP contribution < -0.4 is 5.32 Å². The van der Waals surface area contributed by atoms with Crippen LogP contribution in [0.15, 0.2) is 0 Å². The van der Waals surface area contributed by atoms with Gasteiger partial charge >= 0.3 is 0 Å². The van der Waals surface area contributed by atoms with E-state index in [2.05, 4.69) is 56.8 Å². The Morgan fingerprint density at radius 1 is 1.05 bits per heavy atom. The second-order valence-corrected chi connectivity index (χ2v) is 8.24. The zero-order valence-corrected chi connectivity index (χ0v) is 14.1. The van der Waals surface area contributed by atoms with Gasteiger partial charge in [0.2, 0.25) is 0 Å². The lowest BCUT2D eigenvalue weighted by atomic mass is 9.89. The molecular weight excluding hydrogens is 234 g/mol. The first-order chi connectivity index (χ1) is 8.68. The average Bonchev–Trinajstić information content (AvgIpc) is 2.25. The SMILES string of the molecule is CN(CCC(C)(C)C)CC(C)(C)CN1CCNCC1. The van der Waals surface area contributed by atoms with Crippen LogP contribution in [0.2, 0.25) is 0 Å². The van der Waals surface area contributed by atoms with Crippen molar-refractivity contribution < 1.29 is 0 Å². The molecule has 0 aromatic heterocycles. The Labute approximate surface area is 120 Å². The third-order valence-corrected chi connectivity index (χ3v) is 3.80. The third kappa shape index (κ3) is 7.91. The number of hydrogen-bond donors (Lipinski definition) is 1. The smallest absolute Gasteiger partial charge is 0.0108 e. The third-order valence-electron chi connectivity index (χ3n) is 3.80. The molecule has 1 rings (SSSR count). The van der Waals surface area contributed by atoms with Crippen LogP contribution in [-0.4, -0.2) is 62.7 Å². The summed E-state index contributed by atoms with van der Waals surface area (Å²) in [6.07, 6.45) is 1.27. The molecule has 1 aliphatic heterocycles. The second kappa shape index (κ2) is 7.05. The van der Waals surface area contributed by atoms with Crippen LogP contribution in [0, 0.1) is 10.8 Å². The fourth-order valence-electron chi connectivity index (χ4n) is 2.86. The fourth-order valence-corrected chi connectivity index (χ4v) is 2.86. The summed E-state index contributed by atoms with van der Waals surface area (Å²) in [5.41, 5.74) is 0.820. The van der Waals surface area contributed by atoms with Crippen molar-refractivity contribution in [2.75, 3.05) is 52.9 Å². The predicted molar refractivity (Wildman–Crippen MR) is 84.7 cm³/mol. The van der Waals surface area contributed by atoms with Crippen LogP contribution in [0.25, 0.3) is 0 Å². The minimum absolute atomic E-state index is 0.379. The van der Waals surface area contributed by atoms with E-state index in [0.717, 1.165) is 13.1 Å². The number of nitrogens with zero attached hydrogens (tertiary/aromatic N) is 2. The lowest BCUT2D eigenvalue weighted by Crippen LogP contribution is -2.49. The van der Waals surface area contributed by atoms with Gasteiger partial charge in [-0.25, -0.2) is 0 Å². The Morgan fingerprint density at radius 2 is 1.63 bits per heavy atom. The molecule has 0 spiro atoms. The molecule has 1 heterocycles. The van der Waals surface area contributed by atoms with Gasteiger partial charge in [0.15, 0.2) is 0 Å². The molecule has 0 amide bonds. The van der Waals surface area contributed by atoms with Crippen molar-refractivity contribution in [1.82, 2.24) is 15.1 Å². The molecule has 0 saturated carbocycles. The molecule has 0 radical (unpaired) electrons. The molecule has 0 aromatic rings. The Balaban J connectivity index is 2.31. The maximum atomic E-state index is 3.43. The van der Waals surface area contributed by atoms with E-state index in [-0.39, 0.29) is 0 Å². The maximum absolute atomic E-state index is 3.43. The Hall–Kier alpha value is -0.120. The van der Waals surface area contributed by atoms with Crippen molar-refractivity contribution >= 4 is 0 Å². The van der Waals surface area contributed by atoms with Crippen molar-refractivity contribution in [3.05, 3.63) is 0 Å². The van der Waals surface area contributed by atoms with Crippen LogP contribution in [0.5, 0.6) is 0 Å². The Morgan fingerprint density at radius 3 is 2.16 bits per heavy atom. The van der Waals surface area contributed by atoms with Crippen LogP contribution in [0.4, 0.5) is 0 Å². The highest BCUT2D eigenvalue weighted by molar-refractivity contribution is 4.80. The summed E-state index contributed by atoms with van der Waals surface area (Å²) in [4.78, 5) is 5.11. The molecule has 19 heavy (non-hydrogen) atoms. The van der Waals surface area contributed by atoms with E-state index in [9.17, 15) is 0 Å². The van der Waals surface area contributed by atoms with Crippen LogP contribution in [0.1, 0.15) is 41.0 Å². The molecule has 0 unspecified atom stereocenters. The quantitative estimate of drug-likeness (QED) is 0.798. The Kier molecular flexibility index (Phi) is 6.28. The monoisotopic (exact) mass is 269 g/mol. The maximum Gasteiger partial charge on any atom is 0.0108 e. The first-order valence-corrected chi connectivity index (χ1v) is 7.80. The highest BCUT2D eigenvalue weighted by Gasteiger charge is 2.24.